The highest BCUT2D eigenvalue weighted by atomic mass is 35.5. The fourth-order valence-corrected chi connectivity index (χ4v) is 2.74. The Hall–Kier alpha value is -2.78. The Morgan fingerprint density at radius 2 is 1.79 bits per heavy atom. The quantitative estimate of drug-likeness (QED) is 0.297. The van der Waals surface area contributed by atoms with E-state index in [1.807, 2.05) is 13.8 Å². The van der Waals surface area contributed by atoms with Crippen LogP contribution in [0.4, 0.5) is 5.69 Å². The smallest absolute Gasteiger partial charge is 0.350 e. The standard InChI is InChI=1S/C19H24ClN3O6/c1-6-23(7-2)22-16(24)11-8-13(20)14(9-15(11)27-5)21-10-12-17(25)28-19(3,4)29-18(12)26/h8-10,21H,6-7H2,1-5H3,(H,22,24). The molecule has 2 N–H and O–H groups in total. The summed E-state index contributed by atoms with van der Waals surface area (Å²) in [7, 11) is 1.41. The van der Waals surface area contributed by atoms with Gasteiger partial charge in [0.25, 0.3) is 11.7 Å². The number of nitrogens with zero attached hydrogens (tertiary/aromatic N) is 1. The summed E-state index contributed by atoms with van der Waals surface area (Å²) in [6.45, 7) is 8.00. The highest BCUT2D eigenvalue weighted by Gasteiger charge is 2.39. The molecule has 1 aromatic carbocycles. The first-order valence-corrected chi connectivity index (χ1v) is 9.36. The van der Waals surface area contributed by atoms with E-state index in [1.165, 1.54) is 33.1 Å². The van der Waals surface area contributed by atoms with E-state index in [9.17, 15) is 14.4 Å². The van der Waals surface area contributed by atoms with E-state index in [-0.39, 0.29) is 27.8 Å². The van der Waals surface area contributed by atoms with Crippen molar-refractivity contribution in [1.82, 2.24) is 10.4 Å². The van der Waals surface area contributed by atoms with Gasteiger partial charge in [0.05, 0.1) is 23.4 Å². The molecular weight excluding hydrogens is 402 g/mol. The third-order valence-electron chi connectivity index (χ3n) is 4.05. The summed E-state index contributed by atoms with van der Waals surface area (Å²) in [4.78, 5) is 36.5. The number of halogens is 1. The van der Waals surface area contributed by atoms with Gasteiger partial charge in [0.15, 0.2) is 5.57 Å². The van der Waals surface area contributed by atoms with Gasteiger partial charge in [0.2, 0.25) is 0 Å². The van der Waals surface area contributed by atoms with Gasteiger partial charge in [-0.25, -0.2) is 14.6 Å². The number of rotatable bonds is 7. The van der Waals surface area contributed by atoms with Gasteiger partial charge in [0, 0.05) is 39.2 Å². The van der Waals surface area contributed by atoms with Gasteiger partial charge in [-0.1, -0.05) is 25.4 Å². The average molecular weight is 426 g/mol. The van der Waals surface area contributed by atoms with Crippen LogP contribution in [-0.2, 0) is 19.1 Å². The van der Waals surface area contributed by atoms with Gasteiger partial charge in [-0.15, -0.1) is 0 Å². The lowest BCUT2D eigenvalue weighted by Crippen LogP contribution is -2.42. The Morgan fingerprint density at radius 3 is 2.31 bits per heavy atom. The fraction of sp³-hybridized carbons (Fsp3) is 0.421. The Labute approximate surface area is 173 Å². The summed E-state index contributed by atoms with van der Waals surface area (Å²) in [5, 5.41) is 4.67. The number of hydrazine groups is 1. The minimum Gasteiger partial charge on any atom is -0.496 e. The highest BCUT2D eigenvalue weighted by Crippen LogP contribution is 2.32. The Morgan fingerprint density at radius 1 is 1.21 bits per heavy atom. The van der Waals surface area contributed by atoms with E-state index in [0.29, 0.717) is 18.8 Å². The Bertz CT molecular complexity index is 827. The van der Waals surface area contributed by atoms with Crippen molar-refractivity contribution in [2.75, 3.05) is 25.5 Å². The molecule has 0 atom stereocenters. The molecule has 9 nitrogen and oxygen atoms in total. The molecule has 0 aromatic heterocycles. The molecule has 0 saturated carbocycles. The predicted molar refractivity (Wildman–Crippen MR) is 106 cm³/mol. The van der Waals surface area contributed by atoms with E-state index < -0.39 is 17.7 Å². The van der Waals surface area contributed by atoms with Crippen LogP contribution in [0.15, 0.2) is 23.9 Å². The van der Waals surface area contributed by atoms with Crippen molar-refractivity contribution in [3.05, 3.63) is 34.5 Å². The number of benzene rings is 1. The molecule has 1 aliphatic heterocycles. The molecule has 0 aliphatic carbocycles. The number of esters is 2. The monoisotopic (exact) mass is 425 g/mol. The van der Waals surface area contributed by atoms with E-state index in [1.54, 1.807) is 5.01 Å². The number of amides is 1. The van der Waals surface area contributed by atoms with Crippen molar-refractivity contribution in [3.63, 3.8) is 0 Å². The molecule has 1 saturated heterocycles. The number of carbonyl (C=O) groups is 3. The third-order valence-corrected chi connectivity index (χ3v) is 4.36. The molecule has 1 aliphatic rings. The molecular formula is C19H24ClN3O6. The van der Waals surface area contributed by atoms with Crippen LogP contribution in [0, 0.1) is 0 Å². The lowest BCUT2D eigenvalue weighted by molar-refractivity contribution is -0.222. The maximum Gasteiger partial charge on any atom is 0.350 e. The van der Waals surface area contributed by atoms with Gasteiger partial charge in [0.1, 0.15) is 5.75 Å². The number of anilines is 1. The van der Waals surface area contributed by atoms with Crippen LogP contribution < -0.4 is 15.5 Å². The molecule has 0 radical (unpaired) electrons. The zero-order valence-electron chi connectivity index (χ0n) is 16.9. The van der Waals surface area contributed by atoms with E-state index in [4.69, 9.17) is 25.8 Å². The van der Waals surface area contributed by atoms with Gasteiger partial charge in [-0.2, -0.15) is 0 Å². The van der Waals surface area contributed by atoms with Crippen molar-refractivity contribution < 1.29 is 28.6 Å². The van der Waals surface area contributed by atoms with Crippen LogP contribution in [0.1, 0.15) is 38.1 Å². The van der Waals surface area contributed by atoms with Crippen LogP contribution in [-0.4, -0.2) is 48.8 Å². The molecule has 158 valence electrons. The molecule has 0 bridgehead atoms. The average Bonchev–Trinajstić information content (AvgIpc) is 2.65. The highest BCUT2D eigenvalue weighted by molar-refractivity contribution is 6.33. The molecule has 10 heteroatoms. The third kappa shape index (κ3) is 5.39. The molecule has 1 aromatic rings. The van der Waals surface area contributed by atoms with Crippen LogP contribution >= 0.6 is 11.6 Å². The lowest BCUT2D eigenvalue weighted by atomic mass is 10.1. The molecule has 0 spiro atoms. The van der Waals surface area contributed by atoms with Crippen molar-refractivity contribution >= 4 is 35.1 Å². The minimum absolute atomic E-state index is 0.185. The van der Waals surface area contributed by atoms with Crippen LogP contribution in [0.2, 0.25) is 5.02 Å². The van der Waals surface area contributed by atoms with E-state index >= 15 is 0 Å². The molecule has 1 fully saturated rings. The number of nitrogens with one attached hydrogen (secondary N) is 2. The van der Waals surface area contributed by atoms with E-state index in [0.717, 1.165) is 6.20 Å². The maximum absolute atomic E-state index is 12.5. The Kier molecular flexibility index (Phi) is 7.10. The number of carbonyl (C=O) groups excluding carboxylic acids is 3. The predicted octanol–water partition coefficient (Wildman–Crippen LogP) is 2.47. The largest absolute Gasteiger partial charge is 0.496 e. The Balaban J connectivity index is 2.26. The summed E-state index contributed by atoms with van der Waals surface area (Å²) in [5.74, 6) is -3.09. The summed E-state index contributed by atoms with van der Waals surface area (Å²) in [6, 6.07) is 2.92. The number of hydrogen-bond donors (Lipinski definition) is 2. The number of methoxy groups -OCH3 is 1. The zero-order chi connectivity index (χ0) is 21.8. The van der Waals surface area contributed by atoms with Crippen molar-refractivity contribution in [2.24, 2.45) is 0 Å². The van der Waals surface area contributed by atoms with Crippen LogP contribution in [0.25, 0.3) is 0 Å². The van der Waals surface area contributed by atoms with E-state index in [2.05, 4.69) is 10.7 Å². The molecule has 1 heterocycles. The van der Waals surface area contributed by atoms with Gasteiger partial charge in [-0.05, 0) is 6.07 Å². The molecule has 1 amide bonds. The second-order valence-electron chi connectivity index (χ2n) is 6.53. The van der Waals surface area contributed by atoms with Crippen LogP contribution in [0.3, 0.4) is 0 Å². The summed E-state index contributed by atoms with van der Waals surface area (Å²) >= 11 is 6.27. The molecule has 0 unspecified atom stereocenters. The zero-order valence-corrected chi connectivity index (χ0v) is 17.7. The lowest BCUT2D eigenvalue weighted by Gasteiger charge is -2.29. The number of cyclic esters (lactones) is 2. The maximum atomic E-state index is 12.5. The topological polar surface area (TPSA) is 106 Å². The summed E-state index contributed by atoms with van der Waals surface area (Å²) < 4.78 is 15.3. The van der Waals surface area contributed by atoms with Gasteiger partial charge >= 0.3 is 11.9 Å². The SMILES string of the molecule is CCN(CC)NC(=O)c1cc(Cl)c(NC=C2C(=O)OC(C)(C)OC2=O)cc1OC. The number of hydrogen-bond acceptors (Lipinski definition) is 8. The second kappa shape index (κ2) is 9.15. The normalized spacial score (nSPS) is 15.5. The van der Waals surface area contributed by atoms with Crippen LogP contribution in [0.5, 0.6) is 5.75 Å². The van der Waals surface area contributed by atoms with Crippen molar-refractivity contribution in [1.29, 1.82) is 0 Å². The number of ether oxygens (including phenoxy) is 3. The summed E-state index contributed by atoms with van der Waals surface area (Å²) in [6.07, 6.45) is 1.14. The fourth-order valence-electron chi connectivity index (χ4n) is 2.52. The van der Waals surface area contributed by atoms with Crippen molar-refractivity contribution in [2.45, 2.75) is 33.5 Å². The second-order valence-corrected chi connectivity index (χ2v) is 6.93. The molecule has 2 rings (SSSR count). The van der Waals surface area contributed by atoms with Crippen molar-refractivity contribution in [3.8, 4) is 5.75 Å². The van der Waals surface area contributed by atoms with Gasteiger partial charge < -0.3 is 19.5 Å². The minimum atomic E-state index is -1.33. The summed E-state index contributed by atoms with van der Waals surface area (Å²) in [5.41, 5.74) is 3.00. The first kappa shape index (κ1) is 22.5. The first-order chi connectivity index (χ1) is 13.6. The van der Waals surface area contributed by atoms with Gasteiger partial charge in [-0.3, -0.25) is 10.2 Å². The first-order valence-electron chi connectivity index (χ1n) is 8.98. The molecule has 29 heavy (non-hydrogen) atoms.